The van der Waals surface area contributed by atoms with Crippen molar-refractivity contribution in [2.45, 2.75) is 12.1 Å². The topological polar surface area (TPSA) is 112 Å². The van der Waals surface area contributed by atoms with Gasteiger partial charge in [0, 0.05) is 17.4 Å². The summed E-state index contributed by atoms with van der Waals surface area (Å²) in [4.78, 5) is 40.8. The third-order valence-corrected chi connectivity index (χ3v) is 3.87. The Kier molecular flexibility index (Phi) is 5.41. The maximum Gasteiger partial charge on any atom is 0.337 e. The van der Waals surface area contributed by atoms with Crippen LogP contribution in [0.4, 0.5) is 5.69 Å². The molecular weight excluding hydrogens is 342 g/mol. The van der Waals surface area contributed by atoms with E-state index < -0.39 is 5.97 Å². The van der Waals surface area contributed by atoms with Crippen LogP contribution in [-0.2, 0) is 4.79 Å². The van der Waals surface area contributed by atoms with E-state index in [4.69, 9.17) is 16.7 Å². The number of anilines is 1. The lowest BCUT2D eigenvalue weighted by Gasteiger charge is -2.07. The predicted octanol–water partition coefficient (Wildman–Crippen LogP) is 2.16. The first-order valence-corrected chi connectivity index (χ1v) is 7.75. The summed E-state index contributed by atoms with van der Waals surface area (Å²) in [5, 5.41) is 12.0. The Balaban J connectivity index is 2.01. The Hall–Kier alpha value is -2.32. The first-order valence-electron chi connectivity index (χ1n) is 6.38. The highest BCUT2D eigenvalue weighted by atomic mass is 35.5. The van der Waals surface area contributed by atoms with E-state index in [0.717, 1.165) is 11.8 Å². The molecule has 0 aliphatic carbocycles. The van der Waals surface area contributed by atoms with E-state index in [1.165, 1.54) is 24.3 Å². The Morgan fingerprint density at radius 3 is 2.78 bits per heavy atom. The molecule has 2 rings (SSSR count). The number of aryl methyl sites for hydroxylation is 1. The first kappa shape index (κ1) is 17.0. The zero-order valence-electron chi connectivity index (χ0n) is 11.9. The van der Waals surface area contributed by atoms with Crippen molar-refractivity contribution in [2.24, 2.45) is 0 Å². The van der Waals surface area contributed by atoms with Gasteiger partial charge in [-0.2, -0.15) is 0 Å². The molecule has 0 spiro atoms. The van der Waals surface area contributed by atoms with Crippen LogP contribution in [0.1, 0.15) is 16.1 Å². The molecule has 23 heavy (non-hydrogen) atoms. The number of thioether (sulfide) groups is 1. The quantitative estimate of drug-likeness (QED) is 0.561. The molecule has 0 saturated heterocycles. The van der Waals surface area contributed by atoms with Crippen molar-refractivity contribution < 1.29 is 14.7 Å². The second kappa shape index (κ2) is 7.30. The molecule has 0 aliphatic heterocycles. The van der Waals surface area contributed by atoms with Crippen LogP contribution in [0.5, 0.6) is 0 Å². The molecular formula is C14H12ClN3O4S. The van der Waals surface area contributed by atoms with Crippen LogP contribution in [0.25, 0.3) is 0 Å². The molecule has 0 bridgehead atoms. The van der Waals surface area contributed by atoms with Crippen molar-refractivity contribution in [3.63, 3.8) is 0 Å². The van der Waals surface area contributed by atoms with Crippen LogP contribution in [-0.4, -0.2) is 32.7 Å². The standard InChI is InChI=1S/C14H12ClN3O4S/c1-7-4-11(19)18-14(16-7)23-6-12(20)17-8-2-3-10(15)9(5-8)13(21)22/h2-5H,6H2,1H3,(H,17,20)(H,21,22)(H,16,18,19). The van der Waals surface area contributed by atoms with Crippen molar-refractivity contribution in [1.82, 2.24) is 9.97 Å². The number of amides is 1. The van der Waals surface area contributed by atoms with Gasteiger partial charge in [0.1, 0.15) is 0 Å². The molecule has 1 aromatic carbocycles. The fourth-order valence-corrected chi connectivity index (χ4v) is 2.64. The molecule has 0 saturated carbocycles. The van der Waals surface area contributed by atoms with Crippen molar-refractivity contribution >= 4 is 40.9 Å². The van der Waals surface area contributed by atoms with Crippen LogP contribution in [0, 0.1) is 6.92 Å². The lowest BCUT2D eigenvalue weighted by atomic mass is 10.2. The number of hydrogen-bond acceptors (Lipinski definition) is 5. The van der Waals surface area contributed by atoms with Crippen LogP contribution >= 0.6 is 23.4 Å². The van der Waals surface area contributed by atoms with Gasteiger partial charge in [-0.05, 0) is 25.1 Å². The fraction of sp³-hybridized carbons (Fsp3) is 0.143. The number of H-pyrrole nitrogens is 1. The molecule has 9 heteroatoms. The highest BCUT2D eigenvalue weighted by Gasteiger charge is 2.11. The number of aromatic nitrogens is 2. The molecule has 0 fully saturated rings. The van der Waals surface area contributed by atoms with Gasteiger partial charge < -0.3 is 15.4 Å². The Labute approximate surface area is 140 Å². The Morgan fingerprint density at radius 2 is 2.13 bits per heavy atom. The zero-order valence-corrected chi connectivity index (χ0v) is 13.5. The minimum atomic E-state index is -1.18. The number of rotatable bonds is 5. The summed E-state index contributed by atoms with van der Waals surface area (Å²) in [5.74, 6) is -1.53. The van der Waals surface area contributed by atoms with E-state index in [0.29, 0.717) is 16.5 Å². The van der Waals surface area contributed by atoms with Crippen molar-refractivity contribution in [3.8, 4) is 0 Å². The van der Waals surface area contributed by atoms with E-state index in [1.807, 2.05) is 0 Å². The second-order valence-corrected chi connectivity index (χ2v) is 5.90. The summed E-state index contributed by atoms with van der Waals surface area (Å²) in [6.45, 7) is 1.68. The van der Waals surface area contributed by atoms with Gasteiger partial charge >= 0.3 is 5.97 Å². The second-order valence-electron chi connectivity index (χ2n) is 4.53. The van der Waals surface area contributed by atoms with E-state index in [1.54, 1.807) is 6.92 Å². The maximum atomic E-state index is 11.9. The molecule has 0 unspecified atom stereocenters. The van der Waals surface area contributed by atoms with Crippen LogP contribution in [0.2, 0.25) is 5.02 Å². The molecule has 0 aliphatic rings. The van der Waals surface area contributed by atoms with E-state index in [-0.39, 0.29) is 27.8 Å². The molecule has 2 aromatic rings. The van der Waals surface area contributed by atoms with Crippen LogP contribution in [0.15, 0.2) is 34.2 Å². The monoisotopic (exact) mass is 353 g/mol. The maximum absolute atomic E-state index is 11.9. The van der Waals surface area contributed by atoms with E-state index in [9.17, 15) is 14.4 Å². The zero-order chi connectivity index (χ0) is 17.0. The number of aromatic amines is 1. The van der Waals surface area contributed by atoms with Gasteiger partial charge in [-0.1, -0.05) is 23.4 Å². The number of nitrogens with zero attached hydrogens (tertiary/aromatic N) is 1. The molecule has 120 valence electrons. The van der Waals surface area contributed by atoms with Gasteiger partial charge in [0.15, 0.2) is 5.16 Å². The van der Waals surface area contributed by atoms with E-state index in [2.05, 4.69) is 15.3 Å². The molecule has 1 heterocycles. The summed E-state index contributed by atoms with van der Waals surface area (Å²) in [7, 11) is 0. The predicted molar refractivity (Wildman–Crippen MR) is 87.4 cm³/mol. The molecule has 1 aromatic heterocycles. The first-order chi connectivity index (χ1) is 10.8. The average Bonchev–Trinajstić information content (AvgIpc) is 2.46. The normalized spacial score (nSPS) is 10.3. The van der Waals surface area contributed by atoms with Gasteiger partial charge in [0.05, 0.1) is 16.3 Å². The van der Waals surface area contributed by atoms with Gasteiger partial charge in [0.25, 0.3) is 5.56 Å². The van der Waals surface area contributed by atoms with Gasteiger partial charge in [-0.25, -0.2) is 9.78 Å². The SMILES string of the molecule is Cc1cc(=O)[nH]c(SCC(=O)Nc2ccc(Cl)c(C(=O)O)c2)n1. The van der Waals surface area contributed by atoms with Gasteiger partial charge in [-0.3, -0.25) is 9.59 Å². The molecule has 0 atom stereocenters. The molecule has 1 amide bonds. The van der Waals surface area contributed by atoms with Crippen molar-refractivity contribution in [3.05, 3.63) is 50.9 Å². The fourth-order valence-electron chi connectivity index (χ4n) is 1.72. The van der Waals surface area contributed by atoms with Gasteiger partial charge in [-0.15, -0.1) is 0 Å². The van der Waals surface area contributed by atoms with Crippen molar-refractivity contribution in [1.29, 1.82) is 0 Å². The number of benzene rings is 1. The Bertz CT molecular complexity index is 822. The summed E-state index contributed by atoms with van der Waals surface area (Å²) >= 11 is 6.83. The van der Waals surface area contributed by atoms with Crippen LogP contribution < -0.4 is 10.9 Å². The molecule has 3 N–H and O–H groups in total. The van der Waals surface area contributed by atoms with E-state index >= 15 is 0 Å². The number of carboxylic acid groups (broad SMARTS) is 1. The minimum Gasteiger partial charge on any atom is -0.478 e. The minimum absolute atomic E-state index is 0.0113. The lowest BCUT2D eigenvalue weighted by Crippen LogP contribution is -2.16. The number of aromatic carboxylic acids is 1. The van der Waals surface area contributed by atoms with Gasteiger partial charge in [0.2, 0.25) is 5.91 Å². The number of nitrogens with one attached hydrogen (secondary N) is 2. The van der Waals surface area contributed by atoms with Crippen molar-refractivity contribution in [2.75, 3.05) is 11.1 Å². The number of carbonyl (C=O) groups excluding carboxylic acids is 1. The number of carbonyl (C=O) groups is 2. The highest BCUT2D eigenvalue weighted by molar-refractivity contribution is 7.99. The summed E-state index contributed by atoms with van der Waals surface area (Å²) < 4.78 is 0. The Morgan fingerprint density at radius 1 is 1.39 bits per heavy atom. The average molecular weight is 354 g/mol. The third kappa shape index (κ3) is 4.83. The number of halogens is 1. The summed E-state index contributed by atoms with van der Waals surface area (Å²) in [5.41, 5.74) is 0.495. The largest absolute Gasteiger partial charge is 0.478 e. The smallest absolute Gasteiger partial charge is 0.337 e. The summed E-state index contributed by atoms with van der Waals surface area (Å²) in [6, 6.07) is 5.53. The molecule has 0 radical (unpaired) electrons. The highest BCUT2D eigenvalue weighted by Crippen LogP contribution is 2.21. The number of hydrogen-bond donors (Lipinski definition) is 3. The number of carboxylic acids is 1. The summed E-state index contributed by atoms with van der Waals surface area (Å²) in [6.07, 6.45) is 0. The lowest BCUT2D eigenvalue weighted by molar-refractivity contribution is -0.113. The molecule has 7 nitrogen and oxygen atoms in total. The van der Waals surface area contributed by atoms with Crippen LogP contribution in [0.3, 0.4) is 0 Å². The third-order valence-electron chi connectivity index (χ3n) is 2.67.